The van der Waals surface area contributed by atoms with Crippen LogP contribution in [0, 0.1) is 0 Å². The summed E-state index contributed by atoms with van der Waals surface area (Å²) >= 11 is 1.25. The first-order chi connectivity index (χ1) is 9.61. The van der Waals surface area contributed by atoms with Crippen molar-refractivity contribution >= 4 is 28.3 Å². The molecule has 0 radical (unpaired) electrons. The molecule has 1 unspecified atom stereocenters. The predicted octanol–water partition coefficient (Wildman–Crippen LogP) is 1.48. The van der Waals surface area contributed by atoms with E-state index in [-0.39, 0.29) is 24.5 Å². The minimum absolute atomic E-state index is 0.0849. The molecule has 7 heteroatoms. The van der Waals surface area contributed by atoms with Crippen LogP contribution in [0.25, 0.3) is 0 Å². The van der Waals surface area contributed by atoms with Gasteiger partial charge in [-0.3, -0.25) is 9.59 Å². The monoisotopic (exact) mass is 297 g/mol. The molecule has 0 spiro atoms. The van der Waals surface area contributed by atoms with Gasteiger partial charge in [0, 0.05) is 31.5 Å². The quantitative estimate of drug-likeness (QED) is 0.862. The van der Waals surface area contributed by atoms with Gasteiger partial charge >= 0.3 is 0 Å². The van der Waals surface area contributed by atoms with Crippen LogP contribution in [0.4, 0.5) is 5.13 Å². The highest BCUT2D eigenvalue weighted by atomic mass is 32.1. The second-order valence-electron chi connectivity index (χ2n) is 4.88. The molecule has 1 aromatic heterocycles. The molecular formula is C13H19N3O3S. The zero-order chi connectivity index (χ0) is 14.5. The van der Waals surface area contributed by atoms with Gasteiger partial charge in [0.2, 0.25) is 5.91 Å². The van der Waals surface area contributed by atoms with E-state index in [2.05, 4.69) is 10.3 Å². The Kier molecular flexibility index (Phi) is 5.08. The van der Waals surface area contributed by atoms with Crippen LogP contribution < -0.4 is 5.32 Å². The standard InChI is InChI=1S/C13H19N3O3S/c1-9(18)14-13-15-11(8-20-13)12(19)16-6-2-4-10(16)5-3-7-17/h8,10,17H,2-7H2,1H3,(H,14,15,18). The number of carbonyl (C=O) groups excluding carboxylic acids is 2. The van der Waals surface area contributed by atoms with Gasteiger partial charge in [-0.2, -0.15) is 0 Å². The molecule has 0 bridgehead atoms. The van der Waals surface area contributed by atoms with Gasteiger partial charge in [-0.05, 0) is 25.7 Å². The van der Waals surface area contributed by atoms with Gasteiger partial charge < -0.3 is 15.3 Å². The third-order valence-corrected chi connectivity index (χ3v) is 4.10. The Hall–Kier alpha value is -1.47. The lowest BCUT2D eigenvalue weighted by Gasteiger charge is -2.23. The number of anilines is 1. The van der Waals surface area contributed by atoms with Crippen LogP contribution in [-0.4, -0.2) is 46.0 Å². The van der Waals surface area contributed by atoms with Crippen molar-refractivity contribution in [2.24, 2.45) is 0 Å². The fraction of sp³-hybridized carbons (Fsp3) is 0.615. The minimum Gasteiger partial charge on any atom is -0.396 e. The average Bonchev–Trinajstić information content (AvgIpc) is 3.03. The van der Waals surface area contributed by atoms with Crippen LogP contribution in [0.3, 0.4) is 0 Å². The van der Waals surface area contributed by atoms with Crippen molar-refractivity contribution in [1.29, 1.82) is 0 Å². The van der Waals surface area contributed by atoms with Crippen molar-refractivity contribution in [3.8, 4) is 0 Å². The number of aliphatic hydroxyl groups is 1. The number of hydrogen-bond acceptors (Lipinski definition) is 5. The van der Waals surface area contributed by atoms with E-state index in [0.29, 0.717) is 17.2 Å². The van der Waals surface area contributed by atoms with Crippen molar-refractivity contribution in [2.75, 3.05) is 18.5 Å². The fourth-order valence-corrected chi connectivity index (χ4v) is 3.19. The highest BCUT2D eigenvalue weighted by Gasteiger charge is 2.30. The molecule has 110 valence electrons. The van der Waals surface area contributed by atoms with Gasteiger partial charge in [0.1, 0.15) is 5.69 Å². The first-order valence-corrected chi connectivity index (χ1v) is 7.64. The molecule has 20 heavy (non-hydrogen) atoms. The number of rotatable bonds is 5. The molecule has 0 aliphatic carbocycles. The number of likely N-dealkylation sites (tertiary alicyclic amines) is 1. The van der Waals surface area contributed by atoms with Gasteiger partial charge in [0.05, 0.1) is 0 Å². The van der Waals surface area contributed by atoms with Gasteiger partial charge in [-0.1, -0.05) is 0 Å². The molecule has 6 nitrogen and oxygen atoms in total. The maximum atomic E-state index is 12.4. The molecule has 2 rings (SSSR count). The van der Waals surface area contributed by atoms with E-state index in [1.807, 2.05) is 4.90 Å². The van der Waals surface area contributed by atoms with Crippen LogP contribution >= 0.6 is 11.3 Å². The van der Waals surface area contributed by atoms with Gasteiger partial charge in [-0.25, -0.2) is 4.98 Å². The van der Waals surface area contributed by atoms with Gasteiger partial charge in [0.25, 0.3) is 5.91 Å². The van der Waals surface area contributed by atoms with E-state index in [1.165, 1.54) is 18.3 Å². The van der Waals surface area contributed by atoms with Crippen LogP contribution in [0.2, 0.25) is 0 Å². The number of aliphatic hydroxyl groups excluding tert-OH is 1. The van der Waals surface area contributed by atoms with Crippen LogP contribution in [0.15, 0.2) is 5.38 Å². The number of nitrogens with one attached hydrogen (secondary N) is 1. The Bertz CT molecular complexity index is 489. The molecule has 1 fully saturated rings. The smallest absolute Gasteiger partial charge is 0.273 e. The summed E-state index contributed by atoms with van der Waals surface area (Å²) in [5.41, 5.74) is 0.384. The number of hydrogen-bond donors (Lipinski definition) is 2. The molecule has 2 N–H and O–H groups in total. The summed E-state index contributed by atoms with van der Waals surface area (Å²) in [6.07, 6.45) is 3.51. The normalized spacial score (nSPS) is 18.3. The summed E-state index contributed by atoms with van der Waals surface area (Å²) in [6, 6.07) is 0.195. The van der Waals surface area contributed by atoms with E-state index < -0.39 is 0 Å². The molecule has 2 heterocycles. The molecule has 1 aliphatic heterocycles. The molecule has 1 saturated heterocycles. The van der Waals surface area contributed by atoms with Crippen molar-refractivity contribution in [2.45, 2.75) is 38.6 Å². The zero-order valence-corrected chi connectivity index (χ0v) is 12.3. The van der Waals surface area contributed by atoms with Gasteiger partial charge in [0.15, 0.2) is 5.13 Å². The number of aromatic nitrogens is 1. The van der Waals surface area contributed by atoms with E-state index in [9.17, 15) is 9.59 Å². The molecule has 2 amide bonds. The summed E-state index contributed by atoms with van der Waals surface area (Å²) in [7, 11) is 0. The maximum absolute atomic E-state index is 12.4. The Balaban J connectivity index is 2.02. The second-order valence-corrected chi connectivity index (χ2v) is 5.74. The van der Waals surface area contributed by atoms with E-state index >= 15 is 0 Å². The molecule has 1 aromatic rings. The average molecular weight is 297 g/mol. The summed E-state index contributed by atoms with van der Waals surface area (Å²) in [5, 5.41) is 13.6. The number of amides is 2. The summed E-state index contributed by atoms with van der Waals surface area (Å²) in [5.74, 6) is -0.279. The maximum Gasteiger partial charge on any atom is 0.273 e. The number of carbonyl (C=O) groups is 2. The Morgan fingerprint density at radius 1 is 1.60 bits per heavy atom. The van der Waals surface area contributed by atoms with Crippen molar-refractivity contribution in [3.63, 3.8) is 0 Å². The van der Waals surface area contributed by atoms with Crippen molar-refractivity contribution in [1.82, 2.24) is 9.88 Å². The highest BCUT2D eigenvalue weighted by molar-refractivity contribution is 7.14. The van der Waals surface area contributed by atoms with E-state index in [1.54, 1.807) is 5.38 Å². The summed E-state index contributed by atoms with van der Waals surface area (Å²) in [6.45, 7) is 2.30. The van der Waals surface area contributed by atoms with E-state index in [4.69, 9.17) is 5.11 Å². The highest BCUT2D eigenvalue weighted by Crippen LogP contribution is 2.25. The van der Waals surface area contributed by atoms with Crippen molar-refractivity contribution in [3.05, 3.63) is 11.1 Å². The van der Waals surface area contributed by atoms with Gasteiger partial charge in [-0.15, -0.1) is 11.3 Å². The molecule has 0 saturated carbocycles. The number of nitrogens with zero attached hydrogens (tertiary/aromatic N) is 2. The molecular weight excluding hydrogens is 278 g/mol. The Morgan fingerprint density at radius 2 is 2.40 bits per heavy atom. The summed E-state index contributed by atoms with van der Waals surface area (Å²) in [4.78, 5) is 29.4. The van der Waals surface area contributed by atoms with Crippen molar-refractivity contribution < 1.29 is 14.7 Å². The lowest BCUT2D eigenvalue weighted by molar-refractivity contribution is -0.114. The lowest BCUT2D eigenvalue weighted by atomic mass is 10.1. The first-order valence-electron chi connectivity index (χ1n) is 6.76. The zero-order valence-electron chi connectivity index (χ0n) is 11.5. The topological polar surface area (TPSA) is 82.5 Å². The third-order valence-electron chi connectivity index (χ3n) is 3.34. The third kappa shape index (κ3) is 3.55. The second kappa shape index (κ2) is 6.81. The molecule has 0 aromatic carbocycles. The lowest BCUT2D eigenvalue weighted by Crippen LogP contribution is -2.35. The van der Waals surface area contributed by atoms with Crippen LogP contribution in [0.5, 0.6) is 0 Å². The Morgan fingerprint density at radius 3 is 3.10 bits per heavy atom. The summed E-state index contributed by atoms with van der Waals surface area (Å²) < 4.78 is 0. The molecule has 1 aliphatic rings. The number of thiazole rings is 1. The van der Waals surface area contributed by atoms with E-state index in [0.717, 1.165) is 25.8 Å². The minimum atomic E-state index is -0.194. The predicted molar refractivity (Wildman–Crippen MR) is 76.8 cm³/mol. The first kappa shape index (κ1) is 14.9. The van der Waals surface area contributed by atoms with Crippen LogP contribution in [0.1, 0.15) is 43.1 Å². The van der Waals surface area contributed by atoms with Crippen LogP contribution in [-0.2, 0) is 4.79 Å². The Labute approximate surface area is 121 Å². The largest absolute Gasteiger partial charge is 0.396 e. The SMILES string of the molecule is CC(=O)Nc1nc(C(=O)N2CCCC2CCCO)cs1. The molecule has 1 atom stereocenters. The fourth-order valence-electron chi connectivity index (χ4n) is 2.46.